The first kappa shape index (κ1) is 14.7. The Kier molecular flexibility index (Phi) is 5.87. The Bertz CT molecular complexity index is 394. The van der Waals surface area contributed by atoms with Crippen molar-refractivity contribution in [3.8, 4) is 0 Å². The van der Waals surface area contributed by atoms with Crippen molar-refractivity contribution in [2.75, 3.05) is 37.4 Å². The summed E-state index contributed by atoms with van der Waals surface area (Å²) in [5, 5.41) is 12.2. The van der Waals surface area contributed by atoms with Gasteiger partial charge in [0.1, 0.15) is 10.7 Å². The first-order chi connectivity index (χ1) is 8.60. The van der Waals surface area contributed by atoms with Crippen LogP contribution in [0.15, 0.2) is 0 Å². The number of aromatic nitrogens is 1. The van der Waals surface area contributed by atoms with Crippen LogP contribution in [-0.2, 0) is 0 Å². The summed E-state index contributed by atoms with van der Waals surface area (Å²) in [5.41, 5.74) is 5.74. The lowest BCUT2D eigenvalue weighted by Gasteiger charge is -2.10. The molecular formula is C11H20N4O2S. The van der Waals surface area contributed by atoms with Crippen molar-refractivity contribution in [1.82, 2.24) is 10.3 Å². The predicted octanol–water partition coefficient (Wildman–Crippen LogP) is 0.684. The van der Waals surface area contributed by atoms with Crippen LogP contribution in [0.5, 0.6) is 0 Å². The number of unbranched alkanes of at least 4 members (excludes halogenated alkanes) is 1. The molecule has 102 valence electrons. The van der Waals surface area contributed by atoms with Gasteiger partial charge < -0.3 is 21.1 Å². The van der Waals surface area contributed by atoms with E-state index < -0.39 is 0 Å². The molecule has 1 heterocycles. The van der Waals surface area contributed by atoms with E-state index in [0.717, 1.165) is 18.1 Å². The van der Waals surface area contributed by atoms with Crippen LogP contribution in [0.4, 0.5) is 10.9 Å². The fourth-order valence-corrected chi connectivity index (χ4v) is 2.23. The molecule has 0 fully saturated rings. The van der Waals surface area contributed by atoms with Crippen LogP contribution in [0.25, 0.3) is 0 Å². The molecule has 0 atom stereocenters. The second kappa shape index (κ2) is 7.17. The SMILES string of the molecule is CCN(C)c1nc(N)c(C(=O)NCCCCO)s1. The van der Waals surface area contributed by atoms with Gasteiger partial charge in [-0.15, -0.1) is 0 Å². The molecular weight excluding hydrogens is 252 g/mol. The number of rotatable bonds is 7. The molecule has 0 aliphatic rings. The second-order valence-corrected chi connectivity index (χ2v) is 4.89. The van der Waals surface area contributed by atoms with E-state index in [1.54, 1.807) is 0 Å². The molecule has 7 heteroatoms. The molecule has 0 saturated carbocycles. The van der Waals surface area contributed by atoms with E-state index in [-0.39, 0.29) is 18.3 Å². The normalized spacial score (nSPS) is 10.4. The van der Waals surface area contributed by atoms with Gasteiger partial charge in [-0.05, 0) is 19.8 Å². The zero-order valence-electron chi connectivity index (χ0n) is 10.8. The van der Waals surface area contributed by atoms with Gasteiger partial charge in [-0.1, -0.05) is 11.3 Å². The second-order valence-electron chi connectivity index (χ2n) is 3.91. The zero-order valence-corrected chi connectivity index (χ0v) is 11.6. The average molecular weight is 272 g/mol. The standard InChI is InChI=1S/C11H20N4O2S/c1-3-15(2)11-14-9(12)8(18-11)10(17)13-6-4-5-7-16/h16H,3-7,12H2,1-2H3,(H,13,17). The number of nitrogens with one attached hydrogen (secondary N) is 1. The fraction of sp³-hybridized carbons (Fsp3) is 0.636. The summed E-state index contributed by atoms with van der Waals surface area (Å²) >= 11 is 1.29. The summed E-state index contributed by atoms with van der Waals surface area (Å²) in [4.78, 5) is 18.4. The number of aliphatic hydroxyl groups is 1. The number of amides is 1. The predicted molar refractivity (Wildman–Crippen MR) is 74.1 cm³/mol. The van der Waals surface area contributed by atoms with Crippen LogP contribution in [-0.4, -0.2) is 42.7 Å². The summed E-state index contributed by atoms with van der Waals surface area (Å²) in [6.07, 6.45) is 1.44. The molecule has 0 aliphatic carbocycles. The maximum absolute atomic E-state index is 11.9. The van der Waals surface area contributed by atoms with E-state index in [9.17, 15) is 4.79 Å². The summed E-state index contributed by atoms with van der Waals surface area (Å²) in [7, 11) is 1.90. The third-order valence-electron chi connectivity index (χ3n) is 2.52. The van der Waals surface area contributed by atoms with Crippen molar-refractivity contribution in [3.63, 3.8) is 0 Å². The highest BCUT2D eigenvalue weighted by molar-refractivity contribution is 7.18. The van der Waals surface area contributed by atoms with Gasteiger partial charge in [-0.2, -0.15) is 0 Å². The largest absolute Gasteiger partial charge is 0.396 e. The summed E-state index contributed by atoms with van der Waals surface area (Å²) in [6.45, 7) is 3.50. The Morgan fingerprint density at radius 3 is 2.89 bits per heavy atom. The Morgan fingerprint density at radius 2 is 2.28 bits per heavy atom. The summed E-state index contributed by atoms with van der Waals surface area (Å²) < 4.78 is 0. The van der Waals surface area contributed by atoms with Crippen LogP contribution < -0.4 is 16.0 Å². The Labute approximate surface area is 111 Å². The van der Waals surface area contributed by atoms with Crippen molar-refractivity contribution < 1.29 is 9.90 Å². The lowest BCUT2D eigenvalue weighted by Crippen LogP contribution is -2.24. The van der Waals surface area contributed by atoms with Crippen molar-refractivity contribution in [2.45, 2.75) is 19.8 Å². The molecule has 0 bridgehead atoms. The lowest BCUT2D eigenvalue weighted by molar-refractivity contribution is 0.0957. The molecule has 0 saturated heterocycles. The molecule has 1 rings (SSSR count). The molecule has 0 unspecified atom stereocenters. The molecule has 18 heavy (non-hydrogen) atoms. The summed E-state index contributed by atoms with van der Waals surface area (Å²) in [5.74, 6) is 0.0775. The molecule has 0 radical (unpaired) electrons. The van der Waals surface area contributed by atoms with E-state index in [4.69, 9.17) is 10.8 Å². The zero-order chi connectivity index (χ0) is 13.5. The van der Waals surface area contributed by atoms with Crippen LogP contribution in [0.2, 0.25) is 0 Å². The molecule has 1 aromatic heterocycles. The monoisotopic (exact) mass is 272 g/mol. The van der Waals surface area contributed by atoms with Gasteiger partial charge >= 0.3 is 0 Å². The van der Waals surface area contributed by atoms with Gasteiger partial charge in [0.2, 0.25) is 0 Å². The molecule has 4 N–H and O–H groups in total. The van der Waals surface area contributed by atoms with Gasteiger partial charge in [0, 0.05) is 26.7 Å². The number of nitrogens with zero attached hydrogens (tertiary/aromatic N) is 2. The van der Waals surface area contributed by atoms with Gasteiger partial charge in [-0.25, -0.2) is 4.98 Å². The molecule has 0 spiro atoms. The molecule has 1 aromatic rings. The quantitative estimate of drug-likeness (QED) is 0.635. The van der Waals surface area contributed by atoms with E-state index in [0.29, 0.717) is 17.8 Å². The van der Waals surface area contributed by atoms with Gasteiger partial charge in [-0.3, -0.25) is 4.79 Å². The number of carbonyl (C=O) groups excluding carboxylic acids is 1. The fourth-order valence-electron chi connectivity index (χ4n) is 1.30. The number of hydrogen-bond acceptors (Lipinski definition) is 6. The van der Waals surface area contributed by atoms with E-state index in [1.165, 1.54) is 11.3 Å². The van der Waals surface area contributed by atoms with Gasteiger partial charge in [0.25, 0.3) is 5.91 Å². The highest BCUT2D eigenvalue weighted by atomic mass is 32.1. The highest BCUT2D eigenvalue weighted by Crippen LogP contribution is 2.27. The Balaban J connectivity index is 2.60. The number of nitrogen functional groups attached to an aromatic ring is 1. The Morgan fingerprint density at radius 1 is 1.56 bits per heavy atom. The molecule has 6 nitrogen and oxygen atoms in total. The minimum absolute atomic E-state index is 0.143. The maximum atomic E-state index is 11.9. The number of thiazole rings is 1. The van der Waals surface area contributed by atoms with Crippen molar-refractivity contribution in [3.05, 3.63) is 4.88 Å². The summed E-state index contributed by atoms with van der Waals surface area (Å²) in [6, 6.07) is 0. The first-order valence-electron chi connectivity index (χ1n) is 5.96. The van der Waals surface area contributed by atoms with Crippen molar-refractivity contribution in [2.24, 2.45) is 0 Å². The third kappa shape index (κ3) is 3.85. The van der Waals surface area contributed by atoms with E-state index >= 15 is 0 Å². The number of anilines is 2. The van der Waals surface area contributed by atoms with E-state index in [1.807, 2.05) is 18.9 Å². The van der Waals surface area contributed by atoms with Crippen molar-refractivity contribution in [1.29, 1.82) is 0 Å². The third-order valence-corrected chi connectivity index (χ3v) is 3.70. The smallest absolute Gasteiger partial charge is 0.265 e. The highest BCUT2D eigenvalue weighted by Gasteiger charge is 2.17. The van der Waals surface area contributed by atoms with Crippen LogP contribution >= 0.6 is 11.3 Å². The first-order valence-corrected chi connectivity index (χ1v) is 6.78. The topological polar surface area (TPSA) is 91.5 Å². The van der Waals surface area contributed by atoms with Crippen LogP contribution in [0.1, 0.15) is 29.4 Å². The maximum Gasteiger partial charge on any atom is 0.265 e. The number of aliphatic hydroxyl groups excluding tert-OH is 1. The van der Waals surface area contributed by atoms with Gasteiger partial charge in [0.05, 0.1) is 0 Å². The van der Waals surface area contributed by atoms with Crippen LogP contribution in [0.3, 0.4) is 0 Å². The minimum Gasteiger partial charge on any atom is -0.396 e. The Hall–Kier alpha value is -1.34. The van der Waals surface area contributed by atoms with Crippen LogP contribution in [0, 0.1) is 0 Å². The number of nitrogens with two attached hydrogens (primary N) is 1. The number of carbonyl (C=O) groups is 1. The average Bonchev–Trinajstić information content (AvgIpc) is 2.75. The lowest BCUT2D eigenvalue weighted by atomic mass is 10.3. The van der Waals surface area contributed by atoms with Gasteiger partial charge in [0.15, 0.2) is 5.13 Å². The minimum atomic E-state index is -0.196. The van der Waals surface area contributed by atoms with Crippen molar-refractivity contribution >= 4 is 28.2 Å². The molecule has 0 aromatic carbocycles. The molecule has 1 amide bonds. The number of hydrogen-bond donors (Lipinski definition) is 3. The van der Waals surface area contributed by atoms with E-state index in [2.05, 4.69) is 10.3 Å². The molecule has 0 aliphatic heterocycles.